The summed E-state index contributed by atoms with van der Waals surface area (Å²) in [6.45, 7) is 4.46. The van der Waals surface area contributed by atoms with Gasteiger partial charge in [0.1, 0.15) is 18.2 Å². The Bertz CT molecular complexity index is 952. The molecule has 1 aliphatic rings. The average Bonchev–Trinajstić information content (AvgIpc) is 3.22. The number of nitrogens with zero attached hydrogens (tertiary/aromatic N) is 2. The molecule has 1 fully saturated rings. The largest absolute Gasteiger partial charge is 0.489 e. The third-order valence-electron chi connectivity index (χ3n) is 4.97. The number of carbonyl (C=O) groups is 1. The van der Waals surface area contributed by atoms with E-state index in [2.05, 4.69) is 29.2 Å². The number of ether oxygens (including phenoxy) is 1. The Hall–Kier alpha value is -2.70. The van der Waals surface area contributed by atoms with Gasteiger partial charge in [-0.15, -0.1) is 11.3 Å². The zero-order valence-corrected chi connectivity index (χ0v) is 16.9. The highest BCUT2D eigenvalue weighted by Crippen LogP contribution is 2.21. The predicted octanol–water partition coefficient (Wildman–Crippen LogP) is 4.42. The summed E-state index contributed by atoms with van der Waals surface area (Å²) in [6, 6.07) is 18.4. The van der Waals surface area contributed by atoms with Gasteiger partial charge in [-0.3, -0.25) is 9.69 Å². The molecule has 4 rings (SSSR count). The van der Waals surface area contributed by atoms with Gasteiger partial charge in [-0.2, -0.15) is 0 Å². The van der Waals surface area contributed by atoms with Crippen LogP contribution < -0.4 is 4.74 Å². The summed E-state index contributed by atoms with van der Waals surface area (Å²) in [6.07, 6.45) is 0. The molecule has 0 aliphatic carbocycles. The molecule has 29 heavy (non-hydrogen) atoms. The second kappa shape index (κ2) is 9.20. The van der Waals surface area contributed by atoms with E-state index in [4.69, 9.17) is 4.74 Å². The molecule has 4 nitrogen and oxygen atoms in total. The van der Waals surface area contributed by atoms with Crippen LogP contribution >= 0.6 is 11.3 Å². The lowest BCUT2D eigenvalue weighted by Crippen LogP contribution is -2.48. The third-order valence-corrected chi connectivity index (χ3v) is 5.94. The van der Waals surface area contributed by atoms with Crippen molar-refractivity contribution in [1.29, 1.82) is 0 Å². The van der Waals surface area contributed by atoms with Crippen LogP contribution in [-0.2, 0) is 13.2 Å². The summed E-state index contributed by atoms with van der Waals surface area (Å²) >= 11 is 1.43. The summed E-state index contributed by atoms with van der Waals surface area (Å²) in [5.74, 6) is 0.236. The van der Waals surface area contributed by atoms with Gasteiger partial charge >= 0.3 is 0 Å². The van der Waals surface area contributed by atoms with Gasteiger partial charge in [-0.25, -0.2) is 4.39 Å². The molecule has 2 aromatic carbocycles. The molecule has 1 saturated heterocycles. The van der Waals surface area contributed by atoms with Gasteiger partial charge in [0.05, 0.1) is 4.88 Å². The van der Waals surface area contributed by atoms with Crippen LogP contribution in [0.15, 0.2) is 66.0 Å². The van der Waals surface area contributed by atoms with Crippen LogP contribution in [0.2, 0.25) is 0 Å². The topological polar surface area (TPSA) is 32.8 Å². The molecule has 1 aliphatic heterocycles. The summed E-state index contributed by atoms with van der Waals surface area (Å²) < 4.78 is 18.8. The fraction of sp³-hybridized carbons (Fsp3) is 0.261. The minimum atomic E-state index is -0.324. The van der Waals surface area contributed by atoms with E-state index in [1.165, 1.54) is 29.0 Å². The maximum absolute atomic E-state index is 13.2. The summed E-state index contributed by atoms with van der Waals surface area (Å²) in [5, 5.41) is 1.93. The molecular formula is C23H23FN2O2S. The number of thiophene rings is 1. The van der Waals surface area contributed by atoms with Crippen LogP contribution in [0.25, 0.3) is 0 Å². The first-order valence-corrected chi connectivity index (χ1v) is 10.6. The van der Waals surface area contributed by atoms with Crippen LogP contribution in [0.1, 0.15) is 20.8 Å². The number of piperazine rings is 1. The van der Waals surface area contributed by atoms with E-state index in [1.807, 2.05) is 22.4 Å². The second-order valence-electron chi connectivity index (χ2n) is 7.12. The van der Waals surface area contributed by atoms with Gasteiger partial charge in [0.2, 0.25) is 0 Å². The van der Waals surface area contributed by atoms with E-state index < -0.39 is 0 Å². The van der Waals surface area contributed by atoms with Crippen LogP contribution in [0.3, 0.4) is 0 Å². The molecule has 0 spiro atoms. The zero-order chi connectivity index (χ0) is 20.1. The highest BCUT2D eigenvalue weighted by atomic mass is 32.1. The summed E-state index contributed by atoms with van der Waals surface area (Å²) in [7, 11) is 0. The van der Waals surface area contributed by atoms with Crippen molar-refractivity contribution >= 4 is 17.2 Å². The van der Waals surface area contributed by atoms with Crippen LogP contribution in [0.5, 0.6) is 5.75 Å². The molecule has 150 valence electrons. The first-order chi connectivity index (χ1) is 14.2. The van der Waals surface area contributed by atoms with E-state index >= 15 is 0 Å². The van der Waals surface area contributed by atoms with Crippen molar-refractivity contribution < 1.29 is 13.9 Å². The normalized spacial score (nSPS) is 14.7. The average molecular weight is 411 g/mol. The second-order valence-corrected chi connectivity index (χ2v) is 8.03. The quantitative estimate of drug-likeness (QED) is 0.603. The number of halogens is 1. The van der Waals surface area contributed by atoms with Gasteiger partial charge in [-0.1, -0.05) is 36.4 Å². The molecular weight excluding hydrogens is 387 g/mol. The van der Waals surface area contributed by atoms with E-state index in [1.54, 1.807) is 12.1 Å². The fourth-order valence-corrected chi connectivity index (χ4v) is 4.26. The summed E-state index contributed by atoms with van der Waals surface area (Å²) in [4.78, 5) is 17.8. The SMILES string of the molecule is O=C(c1cc(COc2cccc(F)c2)cs1)N1CCN(Cc2ccccc2)CC1. The Balaban J connectivity index is 1.28. The fourth-order valence-electron chi connectivity index (χ4n) is 3.39. The standard InChI is InChI=1S/C23H23FN2O2S/c24-20-7-4-8-21(14-20)28-16-19-13-22(29-17-19)23(27)26-11-9-25(10-12-26)15-18-5-2-1-3-6-18/h1-8,13-14,17H,9-12,15-16H2. The predicted molar refractivity (Wildman–Crippen MR) is 113 cm³/mol. The summed E-state index contributed by atoms with van der Waals surface area (Å²) in [5.41, 5.74) is 2.22. The molecule has 6 heteroatoms. The molecule has 3 aromatic rings. The van der Waals surface area contributed by atoms with Crippen LogP contribution in [-0.4, -0.2) is 41.9 Å². The van der Waals surface area contributed by atoms with E-state index in [-0.39, 0.29) is 11.7 Å². The van der Waals surface area contributed by atoms with E-state index in [9.17, 15) is 9.18 Å². The van der Waals surface area contributed by atoms with Gasteiger partial charge in [0, 0.05) is 44.4 Å². The highest BCUT2D eigenvalue weighted by Gasteiger charge is 2.23. The van der Waals surface area contributed by atoms with Crippen molar-refractivity contribution in [2.75, 3.05) is 26.2 Å². The molecule has 2 heterocycles. The minimum Gasteiger partial charge on any atom is -0.489 e. The third kappa shape index (κ3) is 5.22. The first kappa shape index (κ1) is 19.6. The molecule has 0 atom stereocenters. The Morgan fingerprint density at radius 1 is 0.966 bits per heavy atom. The minimum absolute atomic E-state index is 0.0753. The maximum atomic E-state index is 13.2. The lowest BCUT2D eigenvalue weighted by Gasteiger charge is -2.34. The molecule has 1 amide bonds. The molecule has 1 aromatic heterocycles. The number of carbonyl (C=O) groups excluding carboxylic acids is 1. The smallest absolute Gasteiger partial charge is 0.264 e. The van der Waals surface area contributed by atoms with Crippen molar-refractivity contribution in [3.05, 3.63) is 87.9 Å². The monoisotopic (exact) mass is 410 g/mol. The lowest BCUT2D eigenvalue weighted by atomic mass is 10.2. The zero-order valence-electron chi connectivity index (χ0n) is 16.1. The van der Waals surface area contributed by atoms with Gasteiger partial charge in [0.25, 0.3) is 5.91 Å². The van der Waals surface area contributed by atoms with Crippen LogP contribution in [0, 0.1) is 5.82 Å². The maximum Gasteiger partial charge on any atom is 0.264 e. The van der Waals surface area contributed by atoms with Crippen molar-refractivity contribution in [3.8, 4) is 5.75 Å². The molecule has 0 unspecified atom stereocenters. The van der Waals surface area contributed by atoms with Gasteiger partial charge in [0.15, 0.2) is 0 Å². The first-order valence-electron chi connectivity index (χ1n) is 9.69. The van der Waals surface area contributed by atoms with E-state index in [0.717, 1.165) is 43.2 Å². The number of hydrogen-bond donors (Lipinski definition) is 0. The molecule has 0 radical (unpaired) electrons. The number of hydrogen-bond acceptors (Lipinski definition) is 4. The van der Waals surface area contributed by atoms with Crippen molar-refractivity contribution in [1.82, 2.24) is 9.80 Å². The number of benzene rings is 2. The highest BCUT2D eigenvalue weighted by molar-refractivity contribution is 7.12. The van der Waals surface area contributed by atoms with Crippen molar-refractivity contribution in [2.45, 2.75) is 13.2 Å². The Morgan fingerprint density at radius 3 is 2.52 bits per heavy atom. The molecule has 0 N–H and O–H groups in total. The Labute approximate surface area is 174 Å². The van der Waals surface area contributed by atoms with Crippen LogP contribution in [0.4, 0.5) is 4.39 Å². The number of rotatable bonds is 6. The Kier molecular flexibility index (Phi) is 6.22. The van der Waals surface area contributed by atoms with E-state index in [0.29, 0.717) is 12.4 Å². The number of amides is 1. The van der Waals surface area contributed by atoms with Gasteiger partial charge in [-0.05, 0) is 29.1 Å². The molecule has 0 saturated carbocycles. The Morgan fingerprint density at radius 2 is 1.76 bits per heavy atom. The van der Waals surface area contributed by atoms with Crippen molar-refractivity contribution in [2.24, 2.45) is 0 Å². The van der Waals surface area contributed by atoms with Gasteiger partial charge < -0.3 is 9.64 Å². The molecule has 0 bridgehead atoms. The lowest BCUT2D eigenvalue weighted by molar-refractivity contribution is 0.0633. The van der Waals surface area contributed by atoms with Crippen molar-refractivity contribution in [3.63, 3.8) is 0 Å².